The van der Waals surface area contributed by atoms with E-state index in [1.54, 1.807) is 11.3 Å². The van der Waals surface area contributed by atoms with Gasteiger partial charge in [-0.15, -0.1) is 11.3 Å². The molecule has 1 rings (SSSR count). The molecule has 0 spiro atoms. The van der Waals surface area contributed by atoms with E-state index in [0.717, 1.165) is 25.0 Å². The Bertz CT molecular complexity index is 331. The van der Waals surface area contributed by atoms with Crippen LogP contribution in [-0.2, 0) is 6.54 Å². The Hall–Kier alpha value is -1.03. The van der Waals surface area contributed by atoms with Gasteiger partial charge in [-0.25, -0.2) is 0 Å². The van der Waals surface area contributed by atoms with E-state index in [0.29, 0.717) is 0 Å². The molecule has 0 bridgehead atoms. The lowest BCUT2D eigenvalue weighted by Gasteiger charge is -2.11. The minimum absolute atomic E-state index is 0.807. The molecule has 3 nitrogen and oxygen atoms in total. The van der Waals surface area contributed by atoms with Crippen molar-refractivity contribution in [3.05, 3.63) is 22.4 Å². The van der Waals surface area contributed by atoms with E-state index in [9.17, 15) is 0 Å². The average Bonchev–Trinajstić information content (AvgIpc) is 2.85. The van der Waals surface area contributed by atoms with Crippen molar-refractivity contribution in [1.29, 1.82) is 0 Å². The fraction of sp³-hybridized carbons (Fsp3) is 0.643. The van der Waals surface area contributed by atoms with Crippen LogP contribution in [0.5, 0.6) is 0 Å². The number of thiophene rings is 1. The zero-order chi connectivity index (χ0) is 13.2. The molecular weight excluding hydrogens is 242 g/mol. The van der Waals surface area contributed by atoms with Crippen LogP contribution in [0.25, 0.3) is 0 Å². The Morgan fingerprint density at radius 3 is 2.78 bits per heavy atom. The second-order valence-electron chi connectivity index (χ2n) is 4.82. The summed E-state index contributed by atoms with van der Waals surface area (Å²) in [4.78, 5) is 5.55. The fourth-order valence-corrected chi connectivity index (χ4v) is 2.33. The molecular formula is C14H25N3S. The zero-order valence-corrected chi connectivity index (χ0v) is 12.5. The maximum Gasteiger partial charge on any atom is 0.191 e. The molecule has 0 aromatic carbocycles. The van der Waals surface area contributed by atoms with Gasteiger partial charge in [0.1, 0.15) is 0 Å². The van der Waals surface area contributed by atoms with Crippen molar-refractivity contribution in [1.82, 2.24) is 10.6 Å². The maximum absolute atomic E-state index is 4.22. The van der Waals surface area contributed by atoms with E-state index >= 15 is 0 Å². The topological polar surface area (TPSA) is 36.4 Å². The lowest BCUT2D eigenvalue weighted by molar-refractivity contribution is 0.534. The fourth-order valence-electron chi connectivity index (χ4n) is 1.69. The number of aliphatic imine (C=N–C) groups is 1. The Morgan fingerprint density at radius 2 is 2.17 bits per heavy atom. The first-order chi connectivity index (χ1) is 8.72. The van der Waals surface area contributed by atoms with Crippen molar-refractivity contribution in [3.63, 3.8) is 0 Å². The largest absolute Gasteiger partial charge is 0.356 e. The Balaban J connectivity index is 2.10. The Morgan fingerprint density at radius 1 is 1.33 bits per heavy atom. The number of nitrogens with one attached hydrogen (secondary N) is 2. The molecule has 1 heterocycles. The van der Waals surface area contributed by atoms with Gasteiger partial charge in [0, 0.05) is 18.5 Å². The minimum atomic E-state index is 0.807. The molecule has 2 N–H and O–H groups in total. The van der Waals surface area contributed by atoms with Gasteiger partial charge in [-0.2, -0.15) is 0 Å². The van der Waals surface area contributed by atoms with Gasteiger partial charge in [0.05, 0.1) is 6.54 Å². The molecule has 0 fully saturated rings. The highest BCUT2D eigenvalue weighted by molar-refractivity contribution is 7.09. The molecule has 18 heavy (non-hydrogen) atoms. The highest BCUT2D eigenvalue weighted by Gasteiger charge is 1.99. The lowest BCUT2D eigenvalue weighted by atomic mass is 10.1. The molecule has 0 saturated heterocycles. The summed E-state index contributed by atoms with van der Waals surface area (Å²) in [7, 11) is 1.82. The second kappa shape index (κ2) is 8.97. The summed E-state index contributed by atoms with van der Waals surface area (Å²) in [6.45, 7) is 6.39. The quantitative estimate of drug-likeness (QED) is 0.452. The predicted molar refractivity (Wildman–Crippen MR) is 81.2 cm³/mol. The summed E-state index contributed by atoms with van der Waals surface area (Å²) in [6.07, 6.45) is 3.80. The van der Waals surface area contributed by atoms with Gasteiger partial charge >= 0.3 is 0 Å². The first-order valence-electron chi connectivity index (χ1n) is 6.69. The molecule has 102 valence electrons. The van der Waals surface area contributed by atoms with Crippen molar-refractivity contribution in [2.45, 2.75) is 39.7 Å². The highest BCUT2D eigenvalue weighted by atomic mass is 32.1. The van der Waals surface area contributed by atoms with Gasteiger partial charge < -0.3 is 10.6 Å². The average molecular weight is 267 g/mol. The van der Waals surface area contributed by atoms with Crippen molar-refractivity contribution >= 4 is 17.3 Å². The van der Waals surface area contributed by atoms with Gasteiger partial charge in [0.2, 0.25) is 0 Å². The van der Waals surface area contributed by atoms with Gasteiger partial charge in [-0.05, 0) is 23.8 Å². The normalized spacial score (nSPS) is 11.9. The van der Waals surface area contributed by atoms with Crippen LogP contribution in [0.1, 0.15) is 38.0 Å². The third kappa shape index (κ3) is 6.64. The molecule has 0 aliphatic rings. The molecule has 0 amide bonds. The standard InChI is InChI=1S/C14H25N3S/c1-12(2)7-4-5-9-16-14(15-3)17-11-13-8-6-10-18-13/h6,8,10,12H,4-5,7,9,11H2,1-3H3,(H2,15,16,17). The summed E-state index contributed by atoms with van der Waals surface area (Å²) in [5, 5.41) is 8.77. The minimum Gasteiger partial charge on any atom is -0.356 e. The summed E-state index contributed by atoms with van der Waals surface area (Å²) in [5.41, 5.74) is 0. The van der Waals surface area contributed by atoms with Crippen molar-refractivity contribution in [2.75, 3.05) is 13.6 Å². The number of rotatable bonds is 7. The molecule has 1 aromatic rings. The number of guanidine groups is 1. The van der Waals surface area contributed by atoms with Crippen molar-refractivity contribution in [3.8, 4) is 0 Å². The molecule has 0 aliphatic carbocycles. The third-order valence-corrected chi connectivity index (χ3v) is 3.61. The summed E-state index contributed by atoms with van der Waals surface area (Å²) in [5.74, 6) is 1.70. The highest BCUT2D eigenvalue weighted by Crippen LogP contribution is 2.07. The second-order valence-corrected chi connectivity index (χ2v) is 5.85. The number of hydrogen-bond donors (Lipinski definition) is 2. The first-order valence-corrected chi connectivity index (χ1v) is 7.57. The van der Waals surface area contributed by atoms with E-state index < -0.39 is 0 Å². The van der Waals surface area contributed by atoms with Gasteiger partial charge in [-0.3, -0.25) is 4.99 Å². The number of nitrogens with zero attached hydrogens (tertiary/aromatic N) is 1. The van der Waals surface area contributed by atoms with E-state index in [1.807, 2.05) is 7.05 Å². The molecule has 0 aliphatic heterocycles. The molecule has 1 aromatic heterocycles. The smallest absolute Gasteiger partial charge is 0.191 e. The molecule has 0 radical (unpaired) electrons. The van der Waals surface area contributed by atoms with E-state index in [1.165, 1.54) is 24.1 Å². The van der Waals surface area contributed by atoms with Gasteiger partial charge in [-0.1, -0.05) is 32.8 Å². The van der Waals surface area contributed by atoms with Crippen LogP contribution in [0, 0.1) is 5.92 Å². The van der Waals surface area contributed by atoms with Crippen molar-refractivity contribution < 1.29 is 0 Å². The Labute approximate surface area is 115 Å². The molecule has 0 unspecified atom stereocenters. The summed E-state index contributed by atoms with van der Waals surface area (Å²) >= 11 is 1.77. The SMILES string of the molecule is CN=C(NCCCCC(C)C)NCc1cccs1. The van der Waals surface area contributed by atoms with Crippen LogP contribution < -0.4 is 10.6 Å². The van der Waals surface area contributed by atoms with E-state index in [2.05, 4.69) is 47.0 Å². The molecule has 4 heteroatoms. The van der Waals surface area contributed by atoms with Crippen LogP contribution in [-0.4, -0.2) is 19.6 Å². The van der Waals surface area contributed by atoms with Gasteiger partial charge in [0.25, 0.3) is 0 Å². The first kappa shape index (κ1) is 15.0. The van der Waals surface area contributed by atoms with E-state index in [-0.39, 0.29) is 0 Å². The zero-order valence-electron chi connectivity index (χ0n) is 11.7. The van der Waals surface area contributed by atoms with Crippen LogP contribution in [0.15, 0.2) is 22.5 Å². The van der Waals surface area contributed by atoms with Crippen LogP contribution in [0.4, 0.5) is 0 Å². The predicted octanol–water partition coefficient (Wildman–Crippen LogP) is 3.24. The maximum atomic E-state index is 4.22. The van der Waals surface area contributed by atoms with Crippen molar-refractivity contribution in [2.24, 2.45) is 10.9 Å². The summed E-state index contributed by atoms with van der Waals surface area (Å²) < 4.78 is 0. The van der Waals surface area contributed by atoms with Gasteiger partial charge in [0.15, 0.2) is 5.96 Å². The third-order valence-electron chi connectivity index (χ3n) is 2.73. The molecule has 0 saturated carbocycles. The number of unbranched alkanes of at least 4 members (excludes halogenated alkanes) is 1. The van der Waals surface area contributed by atoms with Crippen LogP contribution in [0.2, 0.25) is 0 Å². The van der Waals surface area contributed by atoms with E-state index in [4.69, 9.17) is 0 Å². The number of hydrogen-bond acceptors (Lipinski definition) is 2. The Kier molecular flexibility index (Phi) is 7.49. The summed E-state index contributed by atoms with van der Waals surface area (Å²) in [6, 6.07) is 4.21. The van der Waals surface area contributed by atoms with Crippen LogP contribution >= 0.6 is 11.3 Å². The molecule has 0 atom stereocenters. The van der Waals surface area contributed by atoms with Crippen LogP contribution in [0.3, 0.4) is 0 Å². The monoisotopic (exact) mass is 267 g/mol. The lowest BCUT2D eigenvalue weighted by Crippen LogP contribution is -2.37.